The molecule has 2 aromatic rings. The molecule has 0 radical (unpaired) electrons. The smallest absolute Gasteiger partial charge is 0.157 e. The zero-order valence-electron chi connectivity index (χ0n) is 10.6. The van der Waals surface area contributed by atoms with Crippen molar-refractivity contribution in [3.05, 3.63) is 18.6 Å². The molecular weight excluding hydrogens is 214 g/mol. The molecule has 0 atom stereocenters. The van der Waals surface area contributed by atoms with Crippen molar-refractivity contribution in [1.29, 1.82) is 0 Å². The zero-order valence-corrected chi connectivity index (χ0v) is 10.6. The van der Waals surface area contributed by atoms with Crippen molar-refractivity contribution in [2.45, 2.75) is 19.9 Å². The predicted molar refractivity (Wildman–Crippen MR) is 70.0 cm³/mol. The number of imidazole rings is 1. The molecule has 5 nitrogen and oxygen atoms in total. The molecule has 0 saturated heterocycles. The summed E-state index contributed by atoms with van der Waals surface area (Å²) < 4.78 is 2.00. The normalized spacial score (nSPS) is 11.4. The number of hydrogen-bond acceptors (Lipinski definition) is 4. The van der Waals surface area contributed by atoms with E-state index in [2.05, 4.69) is 28.7 Å². The number of fused-ring (bicyclic) bond motifs is 1. The molecule has 0 amide bonds. The number of pyridine rings is 1. The molecular formula is C12H19N5. The second kappa shape index (κ2) is 4.71. The van der Waals surface area contributed by atoms with Crippen LogP contribution in [0.15, 0.2) is 18.6 Å². The molecule has 0 aliphatic rings. The fraction of sp³-hybridized carbons (Fsp3) is 0.500. The van der Waals surface area contributed by atoms with E-state index < -0.39 is 0 Å². The van der Waals surface area contributed by atoms with Crippen molar-refractivity contribution >= 4 is 16.9 Å². The first-order valence-electron chi connectivity index (χ1n) is 5.88. The third kappa shape index (κ3) is 2.10. The number of nitrogens with two attached hydrogens (primary N) is 1. The fourth-order valence-corrected chi connectivity index (χ4v) is 2.01. The number of rotatable bonds is 4. The maximum atomic E-state index is 5.66. The van der Waals surface area contributed by atoms with Crippen LogP contribution < -0.4 is 10.6 Å². The first-order valence-corrected chi connectivity index (χ1v) is 5.88. The van der Waals surface area contributed by atoms with Crippen molar-refractivity contribution in [1.82, 2.24) is 14.5 Å². The van der Waals surface area contributed by atoms with Crippen LogP contribution in [-0.2, 0) is 7.05 Å². The quantitative estimate of drug-likeness (QED) is 0.860. The topological polar surface area (TPSA) is 60.0 Å². The minimum absolute atomic E-state index is 0.360. The highest BCUT2D eigenvalue weighted by atomic mass is 15.2. The summed E-state index contributed by atoms with van der Waals surface area (Å²) in [6.45, 7) is 5.68. The van der Waals surface area contributed by atoms with Crippen molar-refractivity contribution in [2.24, 2.45) is 12.8 Å². The Morgan fingerprint density at radius 3 is 2.82 bits per heavy atom. The van der Waals surface area contributed by atoms with Crippen molar-refractivity contribution in [3.63, 3.8) is 0 Å². The second-order valence-corrected chi connectivity index (χ2v) is 4.43. The molecule has 0 spiro atoms. The molecule has 2 heterocycles. The first kappa shape index (κ1) is 11.9. The lowest BCUT2D eigenvalue weighted by atomic mass is 10.2. The van der Waals surface area contributed by atoms with Crippen LogP contribution in [0.2, 0.25) is 0 Å². The lowest BCUT2D eigenvalue weighted by Crippen LogP contribution is -2.36. The van der Waals surface area contributed by atoms with Crippen LogP contribution in [0.1, 0.15) is 13.8 Å². The van der Waals surface area contributed by atoms with Crippen molar-refractivity contribution < 1.29 is 0 Å². The molecule has 0 saturated carbocycles. The number of aryl methyl sites for hydroxylation is 1. The average Bonchev–Trinajstić information content (AvgIpc) is 2.68. The van der Waals surface area contributed by atoms with Gasteiger partial charge in [0.25, 0.3) is 0 Å². The Kier molecular flexibility index (Phi) is 3.28. The van der Waals surface area contributed by atoms with E-state index in [-0.39, 0.29) is 0 Å². The molecule has 0 unspecified atom stereocenters. The monoisotopic (exact) mass is 233 g/mol. The Balaban J connectivity index is 2.52. The largest absolute Gasteiger partial charge is 0.351 e. The van der Waals surface area contributed by atoms with Gasteiger partial charge in [-0.05, 0) is 19.9 Å². The highest BCUT2D eigenvalue weighted by Crippen LogP contribution is 2.23. The van der Waals surface area contributed by atoms with E-state index in [9.17, 15) is 0 Å². The summed E-state index contributed by atoms with van der Waals surface area (Å²) in [7, 11) is 1.99. The SMILES string of the molecule is CC(C)N(CCN)c1nccc2c1ncn2C. The van der Waals surface area contributed by atoms with E-state index in [4.69, 9.17) is 5.73 Å². The van der Waals surface area contributed by atoms with E-state index in [0.717, 1.165) is 23.4 Å². The lowest BCUT2D eigenvalue weighted by molar-refractivity contribution is 0.677. The molecule has 17 heavy (non-hydrogen) atoms. The molecule has 92 valence electrons. The molecule has 0 aromatic carbocycles. The van der Waals surface area contributed by atoms with E-state index in [1.54, 1.807) is 0 Å². The van der Waals surface area contributed by atoms with Crippen molar-refractivity contribution in [2.75, 3.05) is 18.0 Å². The number of hydrogen-bond donors (Lipinski definition) is 1. The molecule has 0 fully saturated rings. The van der Waals surface area contributed by atoms with Gasteiger partial charge in [-0.3, -0.25) is 0 Å². The van der Waals surface area contributed by atoms with Gasteiger partial charge in [-0.2, -0.15) is 0 Å². The van der Waals surface area contributed by atoms with Gasteiger partial charge in [0, 0.05) is 32.4 Å². The predicted octanol–water partition coefficient (Wildman–Crippen LogP) is 1.14. The molecule has 2 aromatic heterocycles. The van der Waals surface area contributed by atoms with Crippen molar-refractivity contribution in [3.8, 4) is 0 Å². The molecule has 0 bridgehead atoms. The van der Waals surface area contributed by atoms with Crippen LogP contribution in [0.3, 0.4) is 0 Å². The Labute approximate surface area is 101 Å². The van der Waals surface area contributed by atoms with Gasteiger partial charge in [0.1, 0.15) is 5.52 Å². The minimum atomic E-state index is 0.360. The molecule has 0 aliphatic carbocycles. The summed E-state index contributed by atoms with van der Waals surface area (Å²) in [4.78, 5) is 11.1. The highest BCUT2D eigenvalue weighted by Gasteiger charge is 2.16. The summed E-state index contributed by atoms with van der Waals surface area (Å²) in [5.41, 5.74) is 7.70. The molecule has 5 heteroatoms. The van der Waals surface area contributed by atoms with Gasteiger partial charge in [0.2, 0.25) is 0 Å². The highest BCUT2D eigenvalue weighted by molar-refractivity contribution is 5.86. The van der Waals surface area contributed by atoms with Crippen LogP contribution >= 0.6 is 0 Å². The summed E-state index contributed by atoms with van der Waals surface area (Å²) in [6, 6.07) is 2.34. The average molecular weight is 233 g/mol. The van der Waals surface area contributed by atoms with Crippen LogP contribution in [-0.4, -0.2) is 33.7 Å². The van der Waals surface area contributed by atoms with Gasteiger partial charge in [0.05, 0.1) is 11.8 Å². The molecule has 2 rings (SSSR count). The summed E-state index contributed by atoms with van der Waals surface area (Å²) in [5.74, 6) is 0.920. The zero-order chi connectivity index (χ0) is 12.4. The van der Waals surface area contributed by atoms with Crippen LogP contribution in [0.25, 0.3) is 11.0 Å². The molecule has 2 N–H and O–H groups in total. The van der Waals surface area contributed by atoms with Crippen LogP contribution in [0.4, 0.5) is 5.82 Å². The number of aromatic nitrogens is 3. The summed E-state index contributed by atoms with van der Waals surface area (Å²) >= 11 is 0. The Morgan fingerprint density at radius 2 is 2.18 bits per heavy atom. The Bertz CT molecular complexity index is 503. The maximum absolute atomic E-state index is 5.66. The van der Waals surface area contributed by atoms with E-state index in [1.165, 1.54) is 0 Å². The van der Waals surface area contributed by atoms with Gasteiger partial charge in [-0.15, -0.1) is 0 Å². The van der Waals surface area contributed by atoms with Crippen LogP contribution in [0, 0.1) is 0 Å². The third-order valence-electron chi connectivity index (χ3n) is 2.89. The fourth-order valence-electron chi connectivity index (χ4n) is 2.01. The summed E-state index contributed by atoms with van der Waals surface area (Å²) in [6.07, 6.45) is 3.64. The Hall–Kier alpha value is -1.62. The van der Waals surface area contributed by atoms with E-state index >= 15 is 0 Å². The van der Waals surface area contributed by atoms with Gasteiger partial charge in [0.15, 0.2) is 5.82 Å². The first-order chi connectivity index (χ1) is 8.15. The minimum Gasteiger partial charge on any atom is -0.351 e. The third-order valence-corrected chi connectivity index (χ3v) is 2.89. The number of anilines is 1. The van der Waals surface area contributed by atoms with Gasteiger partial charge in [-0.1, -0.05) is 0 Å². The van der Waals surface area contributed by atoms with E-state index in [0.29, 0.717) is 12.6 Å². The van der Waals surface area contributed by atoms with Gasteiger partial charge < -0.3 is 15.2 Å². The number of nitrogens with zero attached hydrogens (tertiary/aromatic N) is 4. The molecule has 0 aliphatic heterocycles. The van der Waals surface area contributed by atoms with Gasteiger partial charge >= 0.3 is 0 Å². The standard InChI is InChI=1S/C12H19N5/c1-9(2)17(7-5-13)12-11-10(4-6-14-12)16(3)8-15-11/h4,6,8-9H,5,7,13H2,1-3H3. The van der Waals surface area contributed by atoms with E-state index in [1.807, 2.05) is 30.2 Å². The van der Waals surface area contributed by atoms with Gasteiger partial charge in [-0.25, -0.2) is 9.97 Å². The Morgan fingerprint density at radius 1 is 1.41 bits per heavy atom. The lowest BCUT2D eigenvalue weighted by Gasteiger charge is -2.27. The maximum Gasteiger partial charge on any atom is 0.157 e. The summed E-state index contributed by atoms with van der Waals surface area (Å²) in [5, 5.41) is 0. The second-order valence-electron chi connectivity index (χ2n) is 4.43. The van der Waals surface area contributed by atoms with Crippen LogP contribution in [0.5, 0.6) is 0 Å².